The highest BCUT2D eigenvalue weighted by molar-refractivity contribution is 9.13. The molecule has 0 atom stereocenters. The fraction of sp³-hybridized carbons (Fsp3) is 0.250. The number of anilines is 1. The Morgan fingerprint density at radius 2 is 2.07 bits per heavy atom. The van der Waals surface area contributed by atoms with Crippen molar-refractivity contribution >= 4 is 71.9 Å². The Bertz CT molecular complexity index is 1060. The first kappa shape index (κ1) is 20.5. The minimum absolute atomic E-state index is 0.147. The third kappa shape index (κ3) is 4.85. The number of carbonyl (C=O) groups is 1. The van der Waals surface area contributed by atoms with Crippen LogP contribution in [0.5, 0.6) is 0 Å². The predicted octanol–water partition coefficient (Wildman–Crippen LogP) is 4.16. The van der Waals surface area contributed by atoms with Crippen LogP contribution in [0.15, 0.2) is 44.9 Å². The highest BCUT2D eigenvalue weighted by Crippen LogP contribution is 2.33. The lowest BCUT2D eigenvalue weighted by molar-refractivity contribution is -0.136. The Hall–Kier alpha value is -1.81. The van der Waals surface area contributed by atoms with Gasteiger partial charge in [0.2, 0.25) is 5.91 Å². The smallest absolute Gasteiger partial charge is 0.237 e. The Morgan fingerprint density at radius 3 is 2.83 bits per heavy atom. The molecule has 1 aliphatic heterocycles. The Balaban J connectivity index is 1.34. The van der Waals surface area contributed by atoms with E-state index in [1.807, 2.05) is 23.1 Å². The van der Waals surface area contributed by atoms with Crippen molar-refractivity contribution in [2.24, 2.45) is 0 Å². The molecule has 1 aliphatic rings. The molecule has 29 heavy (non-hydrogen) atoms. The predicted molar refractivity (Wildman–Crippen MR) is 125 cm³/mol. The maximum Gasteiger partial charge on any atom is 0.237 e. The summed E-state index contributed by atoms with van der Waals surface area (Å²) in [5.41, 5.74) is 7.73. The first-order chi connectivity index (χ1) is 14.0. The zero-order chi connectivity index (χ0) is 20.4. The van der Waals surface area contributed by atoms with Crippen molar-refractivity contribution in [2.45, 2.75) is 6.54 Å². The molecule has 1 fully saturated rings. The van der Waals surface area contributed by atoms with E-state index in [9.17, 15) is 4.79 Å². The van der Waals surface area contributed by atoms with E-state index in [2.05, 4.69) is 64.9 Å². The third-order valence-electron chi connectivity index (χ3n) is 4.81. The van der Waals surface area contributed by atoms with E-state index < -0.39 is 0 Å². The average molecular weight is 537 g/mol. The van der Waals surface area contributed by atoms with Crippen LogP contribution in [-0.2, 0) is 11.3 Å². The number of nitrogens with zero attached hydrogens (tertiary/aromatic N) is 4. The molecule has 2 N–H and O–H groups in total. The summed E-state index contributed by atoms with van der Waals surface area (Å²) in [6.45, 7) is 3.35. The van der Waals surface area contributed by atoms with Crippen LogP contribution in [0, 0.1) is 0 Å². The summed E-state index contributed by atoms with van der Waals surface area (Å²) in [6.07, 6.45) is 5.67. The van der Waals surface area contributed by atoms with Crippen LogP contribution < -0.4 is 5.73 Å². The summed E-state index contributed by atoms with van der Waals surface area (Å²) in [5, 5.41) is 0.837. The molecule has 0 radical (unpaired) electrons. The van der Waals surface area contributed by atoms with Crippen LogP contribution in [0.3, 0.4) is 0 Å². The van der Waals surface area contributed by atoms with Gasteiger partial charge in [-0.1, -0.05) is 12.1 Å². The highest BCUT2D eigenvalue weighted by Gasteiger charge is 2.23. The lowest BCUT2D eigenvalue weighted by atomic mass is 10.1. The van der Waals surface area contributed by atoms with Crippen LogP contribution in [0.2, 0.25) is 0 Å². The van der Waals surface area contributed by atoms with Crippen LogP contribution in [0.1, 0.15) is 10.4 Å². The van der Waals surface area contributed by atoms with Crippen molar-refractivity contribution in [3.8, 4) is 0 Å². The maximum atomic E-state index is 12.6. The first-order valence-corrected chi connectivity index (χ1v) is 11.5. The quantitative estimate of drug-likeness (QED) is 0.530. The van der Waals surface area contributed by atoms with Gasteiger partial charge in [0.25, 0.3) is 0 Å². The number of carbonyl (C=O) groups excluding carboxylic acids is 1. The Kier molecular flexibility index (Phi) is 6.29. The lowest BCUT2D eigenvalue weighted by Crippen LogP contribution is -2.49. The fourth-order valence-electron chi connectivity index (χ4n) is 3.29. The minimum Gasteiger partial charge on any atom is -0.383 e. The van der Waals surface area contributed by atoms with Gasteiger partial charge in [0.15, 0.2) is 0 Å². The van der Waals surface area contributed by atoms with Gasteiger partial charge in [0, 0.05) is 40.9 Å². The van der Waals surface area contributed by atoms with Crippen molar-refractivity contribution < 1.29 is 4.79 Å². The third-order valence-corrected chi connectivity index (χ3v) is 8.03. The molecule has 1 amide bonds. The van der Waals surface area contributed by atoms with Gasteiger partial charge in [-0.2, -0.15) is 0 Å². The summed E-state index contributed by atoms with van der Waals surface area (Å²) in [7, 11) is 0. The summed E-state index contributed by atoms with van der Waals surface area (Å²) >= 11 is 8.68. The van der Waals surface area contributed by atoms with Crippen LogP contribution in [-0.4, -0.2) is 51.9 Å². The number of hydrogen-bond donors (Lipinski definition) is 1. The molecule has 3 heterocycles. The molecule has 0 unspecified atom stereocenters. The molecule has 6 nitrogen and oxygen atoms in total. The molecule has 1 aromatic carbocycles. The summed E-state index contributed by atoms with van der Waals surface area (Å²) < 4.78 is 2.15. The maximum absolute atomic E-state index is 12.6. The number of halogens is 2. The van der Waals surface area contributed by atoms with E-state index in [1.54, 1.807) is 11.3 Å². The molecule has 0 saturated carbocycles. The number of thiophene rings is 1. The second-order valence-corrected chi connectivity index (χ2v) is 10.1. The molecule has 0 aliphatic carbocycles. The monoisotopic (exact) mass is 535 g/mol. The number of aromatic nitrogens is 2. The highest BCUT2D eigenvalue weighted by atomic mass is 79.9. The Morgan fingerprint density at radius 1 is 1.21 bits per heavy atom. The number of amides is 1. The summed E-state index contributed by atoms with van der Waals surface area (Å²) in [4.78, 5) is 26.1. The number of fused-ring (bicyclic) bond motifs is 1. The van der Waals surface area contributed by atoms with E-state index in [-0.39, 0.29) is 5.91 Å². The molecule has 2 aromatic heterocycles. The molecule has 0 bridgehead atoms. The van der Waals surface area contributed by atoms with E-state index in [4.69, 9.17) is 5.73 Å². The second kappa shape index (κ2) is 8.91. The zero-order valence-electron chi connectivity index (χ0n) is 15.5. The first-order valence-electron chi connectivity index (χ1n) is 9.10. The van der Waals surface area contributed by atoms with E-state index in [0.717, 1.165) is 37.8 Å². The van der Waals surface area contributed by atoms with E-state index in [0.29, 0.717) is 25.5 Å². The molecular formula is C20H19Br2N5OS. The largest absolute Gasteiger partial charge is 0.383 e. The number of rotatable bonds is 5. The SMILES string of the molecule is Nc1ncnc2cc(CN3CCN(C/C=C/c4cc(Br)c(Br)s4)CC3=O)ccc12. The number of hydrogen-bond acceptors (Lipinski definition) is 6. The standard InChI is InChI=1S/C20H19Br2N5OS/c21-16-9-14(29-19(16)22)2-1-5-26-6-7-27(18(28)11-26)10-13-3-4-15-17(8-13)24-12-25-20(15)23/h1-4,8-9,12H,5-7,10-11H2,(H2,23,24,25)/b2-1+. The van der Waals surface area contributed by atoms with Crippen LogP contribution >= 0.6 is 43.2 Å². The van der Waals surface area contributed by atoms with Crippen molar-refractivity contribution in [1.29, 1.82) is 0 Å². The molecule has 3 aromatic rings. The second-order valence-electron chi connectivity index (χ2n) is 6.83. The van der Waals surface area contributed by atoms with E-state index in [1.165, 1.54) is 11.2 Å². The van der Waals surface area contributed by atoms with Gasteiger partial charge >= 0.3 is 0 Å². The topological polar surface area (TPSA) is 75.3 Å². The van der Waals surface area contributed by atoms with Gasteiger partial charge in [0.1, 0.15) is 12.1 Å². The lowest BCUT2D eigenvalue weighted by Gasteiger charge is -2.33. The number of piperazine rings is 1. The van der Waals surface area contributed by atoms with Gasteiger partial charge in [-0.05, 0) is 61.7 Å². The summed E-state index contributed by atoms with van der Waals surface area (Å²) in [5.74, 6) is 0.620. The molecular weight excluding hydrogens is 518 g/mol. The molecule has 4 rings (SSSR count). The van der Waals surface area contributed by atoms with Gasteiger partial charge in [-0.15, -0.1) is 11.3 Å². The van der Waals surface area contributed by atoms with E-state index >= 15 is 0 Å². The van der Waals surface area contributed by atoms with Crippen LogP contribution in [0.25, 0.3) is 17.0 Å². The van der Waals surface area contributed by atoms with Gasteiger partial charge in [-0.25, -0.2) is 9.97 Å². The molecule has 0 spiro atoms. The number of benzene rings is 1. The van der Waals surface area contributed by atoms with Crippen molar-refractivity contribution in [3.63, 3.8) is 0 Å². The molecule has 9 heteroatoms. The fourth-order valence-corrected chi connectivity index (χ4v) is 5.31. The molecule has 1 saturated heterocycles. The zero-order valence-corrected chi connectivity index (χ0v) is 19.5. The van der Waals surface area contributed by atoms with Crippen LogP contribution in [0.4, 0.5) is 5.82 Å². The van der Waals surface area contributed by atoms with Gasteiger partial charge < -0.3 is 10.6 Å². The molecule has 150 valence electrons. The van der Waals surface area contributed by atoms with Gasteiger partial charge in [0.05, 0.1) is 15.8 Å². The van der Waals surface area contributed by atoms with Crippen molar-refractivity contribution in [1.82, 2.24) is 19.8 Å². The Labute approximate surface area is 189 Å². The van der Waals surface area contributed by atoms with Gasteiger partial charge in [-0.3, -0.25) is 9.69 Å². The number of nitrogen functional groups attached to an aromatic ring is 1. The minimum atomic E-state index is 0.147. The average Bonchev–Trinajstić information content (AvgIpc) is 3.01. The number of nitrogens with two attached hydrogens (primary N) is 1. The normalized spacial score (nSPS) is 15.7. The van der Waals surface area contributed by atoms with Crippen molar-refractivity contribution in [3.05, 3.63) is 55.4 Å². The summed E-state index contributed by atoms with van der Waals surface area (Å²) in [6, 6.07) is 7.97. The van der Waals surface area contributed by atoms with Crippen molar-refractivity contribution in [2.75, 3.05) is 31.9 Å².